The van der Waals surface area contributed by atoms with Gasteiger partial charge in [0.05, 0.1) is 0 Å². The fourth-order valence-corrected chi connectivity index (χ4v) is 3.77. The fraction of sp³-hybridized carbons (Fsp3) is 0.611. The van der Waals surface area contributed by atoms with Crippen molar-refractivity contribution >= 4 is 5.91 Å². The third-order valence-electron chi connectivity index (χ3n) is 4.98. The number of carbonyl (C=O) groups excluding carboxylic acids is 1. The number of alkyl halides is 3. The molecule has 1 N–H and O–H groups in total. The summed E-state index contributed by atoms with van der Waals surface area (Å²) >= 11 is 0. The van der Waals surface area contributed by atoms with E-state index in [1.165, 1.54) is 12.1 Å². The van der Waals surface area contributed by atoms with Crippen LogP contribution < -0.4 is 10.1 Å². The van der Waals surface area contributed by atoms with Gasteiger partial charge in [-0.2, -0.15) is 0 Å². The molecule has 25 heavy (non-hydrogen) atoms. The summed E-state index contributed by atoms with van der Waals surface area (Å²) in [7, 11) is 1.90. The highest BCUT2D eigenvalue weighted by molar-refractivity contribution is 5.83. The minimum atomic E-state index is -4.72. The lowest BCUT2D eigenvalue weighted by Crippen LogP contribution is -2.43. The second-order valence-electron chi connectivity index (χ2n) is 6.88. The number of piperidine rings is 1. The largest absolute Gasteiger partial charge is 0.573 e. The number of benzene rings is 1. The fourth-order valence-electron chi connectivity index (χ4n) is 3.77. The number of para-hydroxylation sites is 1. The van der Waals surface area contributed by atoms with Crippen LogP contribution >= 0.6 is 0 Å². The highest BCUT2D eigenvalue weighted by atomic mass is 19.4. The predicted molar refractivity (Wildman–Crippen MR) is 87.2 cm³/mol. The van der Waals surface area contributed by atoms with Crippen molar-refractivity contribution in [2.45, 2.75) is 31.5 Å². The van der Waals surface area contributed by atoms with Crippen LogP contribution in [-0.4, -0.2) is 43.9 Å². The maximum Gasteiger partial charge on any atom is 0.573 e. The number of hydrogen-bond donors (Lipinski definition) is 1. The van der Waals surface area contributed by atoms with Crippen LogP contribution in [0.25, 0.3) is 0 Å². The molecular formula is C18H23F3N2O2. The van der Waals surface area contributed by atoms with E-state index in [1.54, 1.807) is 12.1 Å². The second-order valence-corrected chi connectivity index (χ2v) is 6.88. The quantitative estimate of drug-likeness (QED) is 0.881. The van der Waals surface area contributed by atoms with Gasteiger partial charge in [0, 0.05) is 19.0 Å². The molecule has 138 valence electrons. The van der Waals surface area contributed by atoms with E-state index in [0.717, 1.165) is 32.5 Å². The Labute approximate surface area is 145 Å². The van der Waals surface area contributed by atoms with Crippen molar-refractivity contribution in [3.05, 3.63) is 29.8 Å². The molecule has 7 heteroatoms. The van der Waals surface area contributed by atoms with E-state index >= 15 is 0 Å². The molecule has 0 bridgehead atoms. The van der Waals surface area contributed by atoms with Crippen molar-refractivity contribution in [1.29, 1.82) is 0 Å². The van der Waals surface area contributed by atoms with Crippen LogP contribution in [0.1, 0.15) is 30.7 Å². The highest BCUT2D eigenvalue weighted by Gasteiger charge is 2.48. The monoisotopic (exact) mass is 356 g/mol. The van der Waals surface area contributed by atoms with E-state index in [0.29, 0.717) is 17.9 Å². The molecule has 2 aliphatic rings. The van der Waals surface area contributed by atoms with Gasteiger partial charge in [-0.1, -0.05) is 18.2 Å². The maximum absolute atomic E-state index is 12.7. The van der Waals surface area contributed by atoms with E-state index in [1.807, 2.05) is 11.9 Å². The van der Waals surface area contributed by atoms with Crippen LogP contribution in [0.4, 0.5) is 13.2 Å². The van der Waals surface area contributed by atoms with Crippen LogP contribution in [0.2, 0.25) is 0 Å². The predicted octanol–water partition coefficient (Wildman–Crippen LogP) is 3.15. The van der Waals surface area contributed by atoms with E-state index in [-0.39, 0.29) is 23.5 Å². The van der Waals surface area contributed by atoms with Crippen LogP contribution in [0.3, 0.4) is 0 Å². The molecule has 3 rings (SSSR count). The molecule has 1 aromatic carbocycles. The summed E-state index contributed by atoms with van der Waals surface area (Å²) in [5.41, 5.74) is 0.474. The lowest BCUT2D eigenvalue weighted by atomic mass is 9.97. The summed E-state index contributed by atoms with van der Waals surface area (Å²) in [5, 5.41) is 3.14. The summed E-state index contributed by atoms with van der Waals surface area (Å²) in [4.78, 5) is 14.6. The Hall–Kier alpha value is -1.76. The van der Waals surface area contributed by atoms with E-state index in [9.17, 15) is 18.0 Å². The van der Waals surface area contributed by atoms with Crippen molar-refractivity contribution in [2.24, 2.45) is 11.8 Å². The Morgan fingerprint density at radius 2 is 2.12 bits per heavy atom. The zero-order valence-corrected chi connectivity index (χ0v) is 14.2. The maximum atomic E-state index is 12.7. The van der Waals surface area contributed by atoms with E-state index in [2.05, 4.69) is 10.1 Å². The number of amides is 1. The molecule has 4 nitrogen and oxygen atoms in total. The average Bonchev–Trinajstić information content (AvgIpc) is 3.34. The topological polar surface area (TPSA) is 41.6 Å². The lowest BCUT2D eigenvalue weighted by molar-refractivity contribution is -0.274. The molecule has 1 amide bonds. The highest BCUT2D eigenvalue weighted by Crippen LogP contribution is 2.52. The van der Waals surface area contributed by atoms with Crippen LogP contribution in [0.5, 0.6) is 5.75 Å². The number of nitrogens with zero attached hydrogens (tertiary/aromatic N) is 1. The number of rotatable bonds is 5. The Bertz CT molecular complexity index is 619. The van der Waals surface area contributed by atoms with Gasteiger partial charge in [-0.3, -0.25) is 4.79 Å². The average molecular weight is 356 g/mol. The van der Waals surface area contributed by atoms with Crippen molar-refractivity contribution in [3.63, 3.8) is 0 Å². The molecule has 2 fully saturated rings. The van der Waals surface area contributed by atoms with Crippen molar-refractivity contribution in [3.8, 4) is 5.75 Å². The van der Waals surface area contributed by atoms with Crippen LogP contribution in [0.15, 0.2) is 24.3 Å². The molecule has 1 heterocycles. The Morgan fingerprint density at radius 3 is 2.84 bits per heavy atom. The Kier molecular flexibility index (Phi) is 5.22. The van der Waals surface area contributed by atoms with Gasteiger partial charge >= 0.3 is 6.36 Å². The first-order chi connectivity index (χ1) is 11.9. The van der Waals surface area contributed by atoms with Gasteiger partial charge < -0.3 is 15.0 Å². The van der Waals surface area contributed by atoms with Gasteiger partial charge in [-0.15, -0.1) is 13.2 Å². The number of ether oxygens (including phenoxy) is 1. The standard InChI is InChI=1S/C18H23F3N2O2/c1-22-10-12-5-4-8-23(11-12)17(24)15-9-14(15)13-6-2-3-7-16(13)25-18(19,20)21/h2-3,6-7,12,14-15,22H,4-5,8-11H2,1H3/t12-,14-,15+/m0/s1. The summed E-state index contributed by atoms with van der Waals surface area (Å²) in [5.74, 6) is -0.0996. The number of carbonyl (C=O) groups is 1. The normalized spacial score (nSPS) is 26.4. The molecule has 0 spiro atoms. The SMILES string of the molecule is CNC[C@@H]1CCCN(C(=O)[C@@H]2C[C@H]2c2ccccc2OC(F)(F)F)C1. The first kappa shape index (κ1) is 18.0. The minimum absolute atomic E-state index is 0.0626. The van der Waals surface area contributed by atoms with Crippen molar-refractivity contribution < 1.29 is 22.7 Å². The summed E-state index contributed by atoms with van der Waals surface area (Å²) in [6.07, 6.45) is -2.06. The third-order valence-corrected chi connectivity index (χ3v) is 4.98. The van der Waals surface area contributed by atoms with Gasteiger partial charge in [-0.25, -0.2) is 0 Å². The first-order valence-electron chi connectivity index (χ1n) is 8.67. The van der Waals surface area contributed by atoms with Crippen molar-refractivity contribution in [2.75, 3.05) is 26.7 Å². The molecule has 1 saturated carbocycles. The molecule has 0 radical (unpaired) electrons. The molecular weight excluding hydrogens is 333 g/mol. The number of nitrogens with one attached hydrogen (secondary N) is 1. The number of likely N-dealkylation sites (tertiary alicyclic amines) is 1. The van der Waals surface area contributed by atoms with Crippen molar-refractivity contribution in [1.82, 2.24) is 10.2 Å². The third kappa shape index (κ3) is 4.45. The van der Waals surface area contributed by atoms with Gasteiger partial charge in [0.25, 0.3) is 0 Å². The summed E-state index contributed by atoms with van der Waals surface area (Å²) < 4.78 is 41.8. The van der Waals surface area contributed by atoms with E-state index < -0.39 is 6.36 Å². The number of halogens is 3. The Morgan fingerprint density at radius 1 is 1.36 bits per heavy atom. The summed E-state index contributed by atoms with van der Waals surface area (Å²) in [6, 6.07) is 6.13. The first-order valence-corrected chi connectivity index (χ1v) is 8.67. The molecule has 1 saturated heterocycles. The van der Waals surface area contributed by atoms with Gasteiger partial charge in [0.1, 0.15) is 5.75 Å². The smallest absolute Gasteiger partial charge is 0.405 e. The van der Waals surface area contributed by atoms with Crippen LogP contribution in [-0.2, 0) is 4.79 Å². The zero-order valence-electron chi connectivity index (χ0n) is 14.2. The number of hydrogen-bond acceptors (Lipinski definition) is 3. The molecule has 3 atom stereocenters. The van der Waals surface area contributed by atoms with Gasteiger partial charge in [0.15, 0.2) is 0 Å². The van der Waals surface area contributed by atoms with E-state index in [4.69, 9.17) is 0 Å². The zero-order chi connectivity index (χ0) is 18.0. The minimum Gasteiger partial charge on any atom is -0.405 e. The Balaban J connectivity index is 1.65. The second kappa shape index (κ2) is 7.23. The molecule has 0 unspecified atom stereocenters. The molecule has 1 aliphatic carbocycles. The molecule has 1 aromatic rings. The van der Waals surface area contributed by atoms with Gasteiger partial charge in [-0.05, 0) is 56.3 Å². The summed E-state index contributed by atoms with van der Waals surface area (Å²) in [6.45, 7) is 2.34. The van der Waals surface area contributed by atoms with Gasteiger partial charge in [0.2, 0.25) is 5.91 Å². The lowest BCUT2D eigenvalue weighted by Gasteiger charge is -2.33. The van der Waals surface area contributed by atoms with Crippen LogP contribution in [0, 0.1) is 11.8 Å². The molecule has 0 aromatic heterocycles. The molecule has 1 aliphatic heterocycles.